The molecule has 0 saturated carbocycles. The van der Waals surface area contributed by atoms with Crippen molar-refractivity contribution in [3.63, 3.8) is 0 Å². The summed E-state index contributed by atoms with van der Waals surface area (Å²) >= 11 is 9.71. The first kappa shape index (κ1) is 23.0. The van der Waals surface area contributed by atoms with E-state index in [4.69, 9.17) is 16.3 Å². The number of Topliss-reactive ketones (excluding diaryl/α,β-unsaturated/α-hetero) is 1. The van der Waals surface area contributed by atoms with Crippen LogP contribution >= 0.6 is 27.5 Å². The molecular weight excluding hydrogens is 508 g/mol. The van der Waals surface area contributed by atoms with Gasteiger partial charge >= 0.3 is 0 Å². The van der Waals surface area contributed by atoms with E-state index < -0.39 is 17.7 Å². The van der Waals surface area contributed by atoms with Crippen molar-refractivity contribution in [2.24, 2.45) is 0 Å². The number of aliphatic hydroxyl groups excluding tert-OH is 1. The van der Waals surface area contributed by atoms with Gasteiger partial charge in [-0.2, -0.15) is 0 Å². The number of pyridine rings is 1. The van der Waals surface area contributed by atoms with Crippen LogP contribution in [0.1, 0.15) is 29.7 Å². The number of hydrogen-bond acceptors (Lipinski definition) is 5. The average molecular weight is 528 g/mol. The van der Waals surface area contributed by atoms with Crippen molar-refractivity contribution >= 4 is 45.0 Å². The molecule has 2 heterocycles. The molecule has 3 aromatic rings. The maximum absolute atomic E-state index is 13.1. The van der Waals surface area contributed by atoms with Crippen molar-refractivity contribution < 1.29 is 19.4 Å². The van der Waals surface area contributed by atoms with Crippen molar-refractivity contribution in [2.75, 3.05) is 6.61 Å². The first-order valence-electron chi connectivity index (χ1n) is 10.3. The summed E-state index contributed by atoms with van der Waals surface area (Å²) in [7, 11) is 0. The zero-order valence-corrected chi connectivity index (χ0v) is 20.0. The van der Waals surface area contributed by atoms with Crippen molar-refractivity contribution in [2.45, 2.75) is 19.5 Å². The number of rotatable bonds is 6. The van der Waals surface area contributed by atoms with Crippen LogP contribution in [-0.4, -0.2) is 33.3 Å². The van der Waals surface area contributed by atoms with E-state index in [9.17, 15) is 14.7 Å². The highest BCUT2D eigenvalue weighted by molar-refractivity contribution is 9.10. The molecule has 0 unspecified atom stereocenters. The Morgan fingerprint density at radius 2 is 1.94 bits per heavy atom. The molecule has 1 fully saturated rings. The van der Waals surface area contributed by atoms with E-state index in [2.05, 4.69) is 20.9 Å². The van der Waals surface area contributed by atoms with Gasteiger partial charge in [-0.05, 0) is 54.4 Å². The summed E-state index contributed by atoms with van der Waals surface area (Å²) in [5, 5.41) is 11.5. The molecule has 1 amide bonds. The van der Waals surface area contributed by atoms with Crippen LogP contribution in [0, 0.1) is 0 Å². The van der Waals surface area contributed by atoms with Gasteiger partial charge in [-0.25, -0.2) is 0 Å². The summed E-state index contributed by atoms with van der Waals surface area (Å²) in [5.74, 6) is -1.27. The molecule has 1 aromatic heterocycles. The number of hydrogen-bond donors (Lipinski definition) is 1. The number of benzene rings is 2. The topological polar surface area (TPSA) is 79.7 Å². The molecule has 4 rings (SSSR count). The van der Waals surface area contributed by atoms with Gasteiger partial charge in [0.15, 0.2) is 0 Å². The number of carbonyl (C=O) groups is 2. The van der Waals surface area contributed by atoms with Crippen molar-refractivity contribution in [1.29, 1.82) is 0 Å². The fraction of sp³-hybridized carbons (Fsp3) is 0.160. The SMILES string of the molecule is CCOc1ccc(C(O)=C2C(=O)C(=O)N(Cc3cccnc3)[C@H]2c2ccc(Br)cc2)cc1Cl. The minimum Gasteiger partial charge on any atom is -0.507 e. The molecular formula is C25H20BrClN2O4. The van der Waals surface area contributed by atoms with Crippen molar-refractivity contribution in [3.05, 3.63) is 98.7 Å². The van der Waals surface area contributed by atoms with E-state index in [1.165, 1.54) is 11.0 Å². The lowest BCUT2D eigenvalue weighted by Gasteiger charge is -2.25. The van der Waals surface area contributed by atoms with Crippen LogP contribution in [0.25, 0.3) is 5.76 Å². The molecule has 1 saturated heterocycles. The normalized spacial score (nSPS) is 17.4. The molecule has 0 bridgehead atoms. The average Bonchev–Trinajstić information content (AvgIpc) is 3.06. The summed E-state index contributed by atoms with van der Waals surface area (Å²) in [5.41, 5.74) is 1.79. The lowest BCUT2D eigenvalue weighted by molar-refractivity contribution is -0.140. The highest BCUT2D eigenvalue weighted by Crippen LogP contribution is 2.41. The third-order valence-corrected chi connectivity index (χ3v) is 6.13. The third-order valence-electron chi connectivity index (χ3n) is 5.31. The Hall–Kier alpha value is -3.16. The third kappa shape index (κ3) is 4.65. The van der Waals surface area contributed by atoms with Gasteiger partial charge in [-0.1, -0.05) is 45.7 Å². The van der Waals surface area contributed by atoms with Crippen LogP contribution in [0.2, 0.25) is 5.02 Å². The molecule has 2 aromatic carbocycles. The molecule has 33 heavy (non-hydrogen) atoms. The van der Waals surface area contributed by atoms with E-state index in [-0.39, 0.29) is 17.9 Å². The minimum atomic E-state index is -0.774. The quantitative estimate of drug-likeness (QED) is 0.259. The molecule has 1 atom stereocenters. The van der Waals surface area contributed by atoms with Crippen LogP contribution in [0.5, 0.6) is 5.75 Å². The van der Waals surface area contributed by atoms with Gasteiger partial charge in [0, 0.05) is 29.0 Å². The maximum atomic E-state index is 13.1. The highest BCUT2D eigenvalue weighted by atomic mass is 79.9. The van der Waals surface area contributed by atoms with Crippen molar-refractivity contribution in [1.82, 2.24) is 9.88 Å². The van der Waals surface area contributed by atoms with Gasteiger partial charge in [-0.3, -0.25) is 14.6 Å². The minimum absolute atomic E-state index is 0.00596. The van der Waals surface area contributed by atoms with Gasteiger partial charge in [0.25, 0.3) is 11.7 Å². The number of likely N-dealkylation sites (tertiary alicyclic amines) is 1. The summed E-state index contributed by atoms with van der Waals surface area (Å²) in [6, 6.07) is 14.9. The molecule has 6 nitrogen and oxygen atoms in total. The van der Waals surface area contributed by atoms with Gasteiger partial charge in [0.05, 0.1) is 23.2 Å². The zero-order chi connectivity index (χ0) is 23.5. The van der Waals surface area contributed by atoms with Crippen LogP contribution in [-0.2, 0) is 16.1 Å². The number of nitrogens with zero attached hydrogens (tertiary/aromatic N) is 2. The molecule has 1 aliphatic heterocycles. The van der Waals surface area contributed by atoms with Crippen LogP contribution in [0.3, 0.4) is 0 Å². The van der Waals surface area contributed by atoms with Crippen LogP contribution in [0.15, 0.2) is 77.0 Å². The Morgan fingerprint density at radius 3 is 2.58 bits per heavy atom. The molecule has 0 radical (unpaired) electrons. The number of ketones is 1. The van der Waals surface area contributed by atoms with E-state index in [0.29, 0.717) is 28.5 Å². The smallest absolute Gasteiger partial charge is 0.295 e. The number of halogens is 2. The molecule has 0 spiro atoms. The lowest BCUT2D eigenvalue weighted by Crippen LogP contribution is -2.29. The Labute approximate surface area is 204 Å². The van der Waals surface area contributed by atoms with E-state index in [1.54, 1.807) is 30.6 Å². The first-order chi connectivity index (χ1) is 15.9. The summed E-state index contributed by atoms with van der Waals surface area (Å²) in [6.45, 7) is 2.44. The van der Waals surface area contributed by atoms with E-state index in [1.807, 2.05) is 37.3 Å². The summed E-state index contributed by atoms with van der Waals surface area (Å²) in [6.07, 6.45) is 3.28. The summed E-state index contributed by atoms with van der Waals surface area (Å²) in [4.78, 5) is 31.7. The van der Waals surface area contributed by atoms with Gasteiger partial charge < -0.3 is 14.7 Å². The second kappa shape index (κ2) is 9.77. The number of aliphatic hydroxyl groups is 1. The highest BCUT2D eigenvalue weighted by Gasteiger charge is 2.46. The molecule has 168 valence electrons. The second-order valence-corrected chi connectivity index (χ2v) is 8.74. The molecule has 1 N–H and O–H groups in total. The lowest BCUT2D eigenvalue weighted by atomic mass is 9.95. The predicted molar refractivity (Wildman–Crippen MR) is 129 cm³/mol. The maximum Gasteiger partial charge on any atom is 0.295 e. The molecule has 8 heteroatoms. The Balaban J connectivity index is 1.84. The largest absolute Gasteiger partial charge is 0.507 e. The molecule has 1 aliphatic rings. The van der Waals surface area contributed by atoms with Crippen LogP contribution < -0.4 is 4.74 Å². The standard InChI is InChI=1S/C25H20BrClN2O4/c1-2-33-20-10-7-17(12-19(20)27)23(30)21-22(16-5-8-18(26)9-6-16)29(25(32)24(21)31)14-15-4-3-11-28-13-15/h3-13,22,30H,2,14H2,1H3/t22-/m0/s1. The molecule has 0 aliphatic carbocycles. The fourth-order valence-electron chi connectivity index (χ4n) is 3.80. The number of aromatic nitrogens is 1. The van der Waals surface area contributed by atoms with Gasteiger partial charge in [0.1, 0.15) is 11.5 Å². The Morgan fingerprint density at radius 1 is 1.18 bits per heavy atom. The number of carbonyl (C=O) groups excluding carboxylic acids is 2. The summed E-state index contributed by atoms with van der Waals surface area (Å²) < 4.78 is 6.31. The monoisotopic (exact) mass is 526 g/mol. The fourth-order valence-corrected chi connectivity index (χ4v) is 4.30. The van der Waals surface area contributed by atoms with Crippen LogP contribution in [0.4, 0.5) is 0 Å². The zero-order valence-electron chi connectivity index (χ0n) is 17.7. The van der Waals surface area contributed by atoms with E-state index >= 15 is 0 Å². The Bertz CT molecular complexity index is 1230. The van der Waals surface area contributed by atoms with Gasteiger partial charge in [0.2, 0.25) is 0 Å². The second-order valence-electron chi connectivity index (χ2n) is 7.42. The number of amides is 1. The first-order valence-corrected chi connectivity index (χ1v) is 11.4. The Kier molecular flexibility index (Phi) is 6.81. The predicted octanol–water partition coefficient (Wildman–Crippen LogP) is 5.52. The van der Waals surface area contributed by atoms with Gasteiger partial charge in [-0.15, -0.1) is 0 Å². The van der Waals surface area contributed by atoms with E-state index in [0.717, 1.165) is 10.0 Å². The van der Waals surface area contributed by atoms with Crippen molar-refractivity contribution in [3.8, 4) is 5.75 Å². The number of ether oxygens (including phenoxy) is 1.